The van der Waals surface area contributed by atoms with Gasteiger partial charge in [0.25, 0.3) is 0 Å². The highest BCUT2D eigenvalue weighted by Crippen LogP contribution is 2.30. The van der Waals surface area contributed by atoms with Gasteiger partial charge in [0.2, 0.25) is 5.91 Å². The van der Waals surface area contributed by atoms with Crippen molar-refractivity contribution in [3.63, 3.8) is 0 Å². The smallest absolute Gasteiger partial charge is 0.219 e. The van der Waals surface area contributed by atoms with Crippen LogP contribution in [0.5, 0.6) is 0 Å². The summed E-state index contributed by atoms with van der Waals surface area (Å²) in [6, 6.07) is 0.463. The number of amides is 1. The third-order valence-corrected chi connectivity index (χ3v) is 3.29. The fraction of sp³-hybridized carbons (Fsp3) is 0.923. The number of nitrogens with zero attached hydrogens (tertiary/aromatic N) is 1. The molecular weight excluding hydrogens is 200 g/mol. The lowest BCUT2D eigenvalue weighted by Gasteiger charge is -2.39. The molecule has 1 N–H and O–H groups in total. The second-order valence-electron chi connectivity index (χ2n) is 6.28. The van der Waals surface area contributed by atoms with Crippen LogP contribution in [0, 0.1) is 11.3 Å². The molecule has 0 bridgehead atoms. The van der Waals surface area contributed by atoms with Gasteiger partial charge in [-0.2, -0.15) is 0 Å². The summed E-state index contributed by atoms with van der Waals surface area (Å²) < 4.78 is 0. The summed E-state index contributed by atoms with van der Waals surface area (Å²) in [5.74, 6) is 0.842. The molecule has 1 rings (SSSR count). The van der Waals surface area contributed by atoms with Gasteiger partial charge in [-0.05, 0) is 31.2 Å². The molecule has 1 aliphatic rings. The topological polar surface area (TPSA) is 32.3 Å². The number of likely N-dealkylation sites (N-methyl/N-ethyl adjacent to an activating group) is 1. The monoisotopic (exact) mass is 226 g/mol. The van der Waals surface area contributed by atoms with E-state index in [1.807, 2.05) is 11.9 Å². The van der Waals surface area contributed by atoms with Gasteiger partial charge in [0.15, 0.2) is 0 Å². The van der Waals surface area contributed by atoms with Crippen molar-refractivity contribution in [2.45, 2.75) is 46.6 Å². The molecule has 2 unspecified atom stereocenters. The van der Waals surface area contributed by atoms with E-state index < -0.39 is 0 Å². The van der Waals surface area contributed by atoms with Crippen LogP contribution in [0.2, 0.25) is 0 Å². The minimum absolute atomic E-state index is 0.207. The van der Waals surface area contributed by atoms with Crippen molar-refractivity contribution < 1.29 is 4.79 Å². The fourth-order valence-corrected chi connectivity index (χ4v) is 2.68. The number of hydrogen-bond acceptors (Lipinski definition) is 2. The maximum absolute atomic E-state index is 11.5. The average molecular weight is 226 g/mol. The lowest BCUT2D eigenvalue weighted by Crippen LogP contribution is -2.50. The van der Waals surface area contributed by atoms with Crippen LogP contribution in [0.25, 0.3) is 0 Å². The zero-order valence-electron chi connectivity index (χ0n) is 11.3. The fourth-order valence-electron chi connectivity index (χ4n) is 2.68. The minimum Gasteiger partial charge on any atom is -0.341 e. The Morgan fingerprint density at radius 1 is 1.38 bits per heavy atom. The highest BCUT2D eigenvalue weighted by molar-refractivity contribution is 5.73. The molecule has 1 aliphatic heterocycles. The quantitative estimate of drug-likeness (QED) is 0.779. The van der Waals surface area contributed by atoms with Gasteiger partial charge in [-0.1, -0.05) is 20.8 Å². The molecule has 0 aromatic rings. The third kappa shape index (κ3) is 4.12. The summed E-state index contributed by atoms with van der Waals surface area (Å²) >= 11 is 0. The van der Waals surface area contributed by atoms with Crippen molar-refractivity contribution in [2.75, 3.05) is 20.1 Å². The summed E-state index contributed by atoms with van der Waals surface area (Å²) in [4.78, 5) is 13.5. The van der Waals surface area contributed by atoms with Gasteiger partial charge in [0.05, 0.1) is 0 Å². The van der Waals surface area contributed by atoms with Crippen LogP contribution in [0.1, 0.15) is 40.5 Å². The van der Waals surface area contributed by atoms with E-state index in [4.69, 9.17) is 0 Å². The molecule has 0 aliphatic carbocycles. The Morgan fingerprint density at radius 3 is 2.44 bits per heavy atom. The molecule has 1 heterocycles. The van der Waals surface area contributed by atoms with E-state index in [0.717, 1.165) is 13.1 Å². The average Bonchev–Trinajstić information content (AvgIpc) is 2.14. The second kappa shape index (κ2) is 5.17. The summed E-state index contributed by atoms with van der Waals surface area (Å²) in [7, 11) is 1.99. The number of carbonyl (C=O) groups excluding carboxylic acids is 1. The Kier molecular flexibility index (Phi) is 4.36. The Morgan fingerprint density at radius 2 is 2.00 bits per heavy atom. The largest absolute Gasteiger partial charge is 0.341 e. The van der Waals surface area contributed by atoms with Crippen LogP contribution >= 0.6 is 0 Å². The van der Waals surface area contributed by atoms with Crippen molar-refractivity contribution in [1.29, 1.82) is 0 Å². The molecule has 1 saturated heterocycles. The maximum Gasteiger partial charge on any atom is 0.219 e. The second-order valence-corrected chi connectivity index (χ2v) is 6.28. The van der Waals surface area contributed by atoms with Gasteiger partial charge < -0.3 is 10.2 Å². The van der Waals surface area contributed by atoms with Crippen LogP contribution in [-0.4, -0.2) is 37.0 Å². The van der Waals surface area contributed by atoms with E-state index in [1.165, 1.54) is 12.8 Å². The number of rotatable bonds is 2. The summed E-state index contributed by atoms with van der Waals surface area (Å²) in [5.41, 5.74) is 0.350. The van der Waals surface area contributed by atoms with Crippen molar-refractivity contribution in [2.24, 2.45) is 11.3 Å². The normalized spacial score (nSPS) is 26.9. The third-order valence-electron chi connectivity index (χ3n) is 3.29. The molecule has 0 saturated carbocycles. The lowest BCUT2D eigenvalue weighted by atomic mass is 9.80. The molecule has 0 aromatic heterocycles. The first kappa shape index (κ1) is 13.5. The number of piperidine rings is 1. The molecule has 1 amide bonds. The molecule has 3 heteroatoms. The minimum atomic E-state index is 0.207. The number of likely N-dealkylation sites (tertiary alicyclic amines) is 1. The van der Waals surface area contributed by atoms with Gasteiger partial charge >= 0.3 is 0 Å². The van der Waals surface area contributed by atoms with Gasteiger partial charge in [0.1, 0.15) is 0 Å². The predicted molar refractivity (Wildman–Crippen MR) is 67.3 cm³/mol. The standard InChI is InChI=1S/C13H26N2O/c1-10(16)15-8-11(7-13(2,3)4)6-12(9-15)14-5/h11-12,14H,6-9H2,1-5H3. The Balaban J connectivity index is 2.61. The van der Waals surface area contributed by atoms with Crippen molar-refractivity contribution in [1.82, 2.24) is 10.2 Å². The molecule has 2 atom stereocenters. The highest BCUT2D eigenvalue weighted by Gasteiger charge is 2.30. The van der Waals surface area contributed by atoms with Crippen LogP contribution in [0.3, 0.4) is 0 Å². The van der Waals surface area contributed by atoms with Crippen molar-refractivity contribution in [3.05, 3.63) is 0 Å². The first-order valence-corrected chi connectivity index (χ1v) is 6.24. The van der Waals surface area contributed by atoms with E-state index in [2.05, 4.69) is 26.1 Å². The van der Waals surface area contributed by atoms with Crippen LogP contribution in [-0.2, 0) is 4.79 Å². The summed E-state index contributed by atoms with van der Waals surface area (Å²) in [5, 5.41) is 3.31. The zero-order valence-corrected chi connectivity index (χ0v) is 11.3. The number of carbonyl (C=O) groups is 1. The van der Waals surface area contributed by atoms with Gasteiger partial charge in [-0.15, -0.1) is 0 Å². The van der Waals surface area contributed by atoms with Gasteiger partial charge in [-0.3, -0.25) is 4.79 Å². The van der Waals surface area contributed by atoms with Crippen molar-refractivity contribution >= 4 is 5.91 Å². The van der Waals surface area contributed by atoms with Crippen LogP contribution in [0.15, 0.2) is 0 Å². The SMILES string of the molecule is CNC1CC(CC(C)(C)C)CN(C(C)=O)C1. The predicted octanol–water partition coefficient (Wildman–Crippen LogP) is 1.88. The number of hydrogen-bond donors (Lipinski definition) is 1. The van der Waals surface area contributed by atoms with Crippen LogP contribution in [0.4, 0.5) is 0 Å². The van der Waals surface area contributed by atoms with E-state index >= 15 is 0 Å². The highest BCUT2D eigenvalue weighted by atomic mass is 16.2. The van der Waals surface area contributed by atoms with E-state index in [1.54, 1.807) is 6.92 Å². The first-order valence-electron chi connectivity index (χ1n) is 6.24. The molecule has 0 radical (unpaired) electrons. The van der Waals surface area contributed by atoms with Crippen LogP contribution < -0.4 is 5.32 Å². The molecule has 0 aromatic carbocycles. The summed E-state index contributed by atoms with van der Waals surface area (Å²) in [6.45, 7) is 10.3. The maximum atomic E-state index is 11.5. The molecule has 3 nitrogen and oxygen atoms in total. The molecule has 16 heavy (non-hydrogen) atoms. The van der Waals surface area contributed by atoms with Gasteiger partial charge in [-0.25, -0.2) is 0 Å². The molecule has 1 fully saturated rings. The lowest BCUT2D eigenvalue weighted by molar-refractivity contribution is -0.131. The van der Waals surface area contributed by atoms with E-state index in [0.29, 0.717) is 17.4 Å². The Labute approximate surface area is 99.6 Å². The summed E-state index contributed by atoms with van der Waals surface area (Å²) in [6.07, 6.45) is 2.38. The first-order chi connectivity index (χ1) is 7.31. The Bertz CT molecular complexity index is 245. The van der Waals surface area contributed by atoms with E-state index in [-0.39, 0.29) is 5.91 Å². The number of nitrogens with one attached hydrogen (secondary N) is 1. The molecule has 94 valence electrons. The molecule has 0 spiro atoms. The zero-order chi connectivity index (χ0) is 12.3. The van der Waals surface area contributed by atoms with Gasteiger partial charge in [0, 0.05) is 26.1 Å². The van der Waals surface area contributed by atoms with Crippen molar-refractivity contribution in [3.8, 4) is 0 Å². The van der Waals surface area contributed by atoms with E-state index in [9.17, 15) is 4.79 Å². The molecular formula is C13H26N2O. The Hall–Kier alpha value is -0.570.